The average Bonchev–Trinajstić information content (AvgIpc) is 3.59. The van der Waals surface area contributed by atoms with Crippen molar-refractivity contribution >= 4 is 40.9 Å². The van der Waals surface area contributed by atoms with Crippen LogP contribution in [0.2, 0.25) is 0 Å². The number of amides is 2. The number of hydrogen-bond acceptors (Lipinski definition) is 3. The van der Waals surface area contributed by atoms with Crippen LogP contribution in [0.4, 0.5) is 10.5 Å². The Balaban J connectivity index is 1.42. The van der Waals surface area contributed by atoms with Gasteiger partial charge in [-0.05, 0) is 68.8 Å². The molecule has 6 heteroatoms. The van der Waals surface area contributed by atoms with Crippen LogP contribution < -0.4 is 20.8 Å². The van der Waals surface area contributed by atoms with Crippen LogP contribution in [-0.2, 0) is 22.6 Å². The van der Waals surface area contributed by atoms with Crippen molar-refractivity contribution in [2.45, 2.75) is 51.5 Å². The van der Waals surface area contributed by atoms with Gasteiger partial charge in [-0.2, -0.15) is 0 Å². The van der Waals surface area contributed by atoms with E-state index in [1.807, 2.05) is 56.0 Å². The second-order valence-corrected chi connectivity index (χ2v) is 15.4. The number of rotatable bonds is 5. The summed E-state index contributed by atoms with van der Waals surface area (Å²) < 4.78 is 5.66. The molecule has 5 nitrogen and oxygen atoms in total. The van der Waals surface area contributed by atoms with E-state index in [4.69, 9.17) is 4.74 Å². The van der Waals surface area contributed by atoms with E-state index in [-0.39, 0.29) is 17.7 Å². The fraction of sp³-hybridized carbons (Fsp3) is 0.257. The zero-order chi connectivity index (χ0) is 28.6. The van der Waals surface area contributed by atoms with Gasteiger partial charge in [-0.3, -0.25) is 9.69 Å². The van der Waals surface area contributed by atoms with Crippen LogP contribution in [0.1, 0.15) is 38.3 Å². The summed E-state index contributed by atoms with van der Waals surface area (Å²) >= 11 is 0. The Kier molecular flexibility index (Phi) is 7.17. The van der Waals surface area contributed by atoms with Gasteiger partial charge in [0.15, 0.2) is 5.66 Å². The van der Waals surface area contributed by atoms with Crippen LogP contribution >= 0.6 is 7.26 Å². The maximum absolute atomic E-state index is 14.7. The first kappa shape index (κ1) is 27.2. The number of hydrogen-bond donors (Lipinski definition) is 0. The van der Waals surface area contributed by atoms with Crippen molar-refractivity contribution in [2.24, 2.45) is 0 Å². The SMILES string of the molecule is CC(C)(C)OC(=O)N1Cc2cccc(N3CCC([P+](c4ccccc4)(c4ccccc4)c4ccccc4)C3=O)c2C1. The molecule has 2 heterocycles. The van der Waals surface area contributed by atoms with E-state index in [1.165, 1.54) is 15.9 Å². The molecule has 1 unspecified atom stereocenters. The molecule has 208 valence electrons. The van der Waals surface area contributed by atoms with Crippen LogP contribution in [0.5, 0.6) is 0 Å². The first-order valence-electron chi connectivity index (χ1n) is 14.2. The number of anilines is 1. The average molecular weight is 564 g/mol. The highest BCUT2D eigenvalue weighted by atomic mass is 31.2. The van der Waals surface area contributed by atoms with Gasteiger partial charge in [0.1, 0.15) is 28.8 Å². The molecular formula is C35H36N2O3P+. The lowest BCUT2D eigenvalue weighted by molar-refractivity contribution is -0.116. The summed E-state index contributed by atoms with van der Waals surface area (Å²) in [6.45, 7) is 7.20. The molecule has 0 spiro atoms. The van der Waals surface area contributed by atoms with Gasteiger partial charge in [-0.25, -0.2) is 4.79 Å². The van der Waals surface area contributed by atoms with Crippen molar-refractivity contribution in [1.82, 2.24) is 4.90 Å². The zero-order valence-corrected chi connectivity index (χ0v) is 24.8. The first-order chi connectivity index (χ1) is 19.8. The molecule has 0 N–H and O–H groups in total. The molecule has 1 fully saturated rings. The second kappa shape index (κ2) is 10.8. The van der Waals surface area contributed by atoms with Crippen molar-refractivity contribution in [3.63, 3.8) is 0 Å². The lowest BCUT2D eigenvalue weighted by atomic mass is 10.1. The highest BCUT2D eigenvalue weighted by Gasteiger charge is 2.59. The van der Waals surface area contributed by atoms with Crippen LogP contribution in [0, 0.1) is 0 Å². The highest BCUT2D eigenvalue weighted by molar-refractivity contribution is 7.97. The van der Waals surface area contributed by atoms with E-state index in [0.717, 1.165) is 23.2 Å². The molecule has 4 aromatic rings. The third-order valence-corrected chi connectivity index (χ3v) is 12.8. The molecule has 1 saturated heterocycles. The van der Waals surface area contributed by atoms with Gasteiger partial charge in [-0.1, -0.05) is 66.7 Å². The minimum Gasteiger partial charge on any atom is -0.444 e. The molecule has 2 aliphatic heterocycles. The Morgan fingerprint density at radius 2 is 1.29 bits per heavy atom. The molecule has 0 bridgehead atoms. The normalized spacial score (nSPS) is 17.0. The smallest absolute Gasteiger partial charge is 0.410 e. The monoisotopic (exact) mass is 563 g/mol. The lowest BCUT2D eigenvalue weighted by Crippen LogP contribution is -2.43. The van der Waals surface area contributed by atoms with Gasteiger partial charge in [0.05, 0.1) is 6.54 Å². The Morgan fingerprint density at radius 1 is 0.756 bits per heavy atom. The van der Waals surface area contributed by atoms with E-state index < -0.39 is 12.9 Å². The van der Waals surface area contributed by atoms with E-state index in [0.29, 0.717) is 19.6 Å². The fourth-order valence-corrected chi connectivity index (χ4v) is 11.2. The minimum absolute atomic E-state index is 0.152. The summed E-state index contributed by atoms with van der Waals surface area (Å²) in [5.41, 5.74) is 2.25. The van der Waals surface area contributed by atoms with Gasteiger partial charge in [0.25, 0.3) is 5.91 Å². The van der Waals surface area contributed by atoms with E-state index in [1.54, 1.807) is 4.90 Å². The molecule has 2 amide bonds. The van der Waals surface area contributed by atoms with E-state index in [9.17, 15) is 9.59 Å². The fourth-order valence-electron chi connectivity index (χ4n) is 6.35. The van der Waals surface area contributed by atoms with Gasteiger partial charge in [0, 0.05) is 30.8 Å². The first-order valence-corrected chi connectivity index (χ1v) is 16.1. The van der Waals surface area contributed by atoms with Crippen molar-refractivity contribution in [2.75, 3.05) is 11.4 Å². The molecule has 0 saturated carbocycles. The van der Waals surface area contributed by atoms with Gasteiger partial charge < -0.3 is 9.64 Å². The summed E-state index contributed by atoms with van der Waals surface area (Å²) in [7, 11) is -2.36. The Morgan fingerprint density at radius 3 is 1.80 bits per heavy atom. The minimum atomic E-state index is -2.36. The molecule has 6 rings (SSSR count). The number of nitrogens with zero attached hydrogens (tertiary/aromatic N) is 2. The predicted octanol–water partition coefficient (Wildman–Crippen LogP) is 6.04. The number of ether oxygens (including phenoxy) is 1. The maximum atomic E-state index is 14.7. The summed E-state index contributed by atoms with van der Waals surface area (Å²) in [4.78, 5) is 31.3. The molecular weight excluding hydrogens is 527 g/mol. The molecule has 1 atom stereocenters. The Bertz CT molecular complexity index is 1450. The summed E-state index contributed by atoms with van der Waals surface area (Å²) in [5.74, 6) is 0.152. The molecule has 41 heavy (non-hydrogen) atoms. The third-order valence-electron chi connectivity index (χ3n) is 8.04. The van der Waals surface area contributed by atoms with Crippen LogP contribution in [0.3, 0.4) is 0 Å². The Labute approximate surface area is 243 Å². The van der Waals surface area contributed by atoms with Crippen molar-refractivity contribution in [3.8, 4) is 0 Å². The topological polar surface area (TPSA) is 49.9 Å². The summed E-state index contributed by atoms with van der Waals surface area (Å²) in [6.07, 6.45) is 0.428. The van der Waals surface area contributed by atoms with E-state index >= 15 is 0 Å². The van der Waals surface area contributed by atoms with E-state index in [2.05, 4.69) is 78.9 Å². The molecule has 0 aliphatic carbocycles. The standard InChI is InChI=1S/C35H36N2O3P/c1-35(2,3)40-34(39)36-24-26-14-13-21-31(30(26)25-36)37-23-22-32(33(37)38)41(27-15-7-4-8-16-27,28-17-9-5-10-18-28)29-19-11-6-12-20-29/h4-21,32H,22-25H2,1-3H3/q+1. The predicted molar refractivity (Wildman–Crippen MR) is 168 cm³/mol. The lowest BCUT2D eigenvalue weighted by Gasteiger charge is -2.32. The largest absolute Gasteiger partial charge is 0.444 e. The number of benzene rings is 4. The zero-order valence-electron chi connectivity index (χ0n) is 23.9. The van der Waals surface area contributed by atoms with Crippen molar-refractivity contribution < 1.29 is 14.3 Å². The number of carbonyl (C=O) groups is 2. The Hall–Kier alpha value is -3.95. The van der Waals surface area contributed by atoms with Crippen molar-refractivity contribution in [1.29, 1.82) is 0 Å². The van der Waals surface area contributed by atoms with Crippen molar-refractivity contribution in [3.05, 3.63) is 120 Å². The summed E-state index contributed by atoms with van der Waals surface area (Å²) in [5, 5.41) is 3.64. The number of carbonyl (C=O) groups excluding carboxylic acids is 2. The van der Waals surface area contributed by atoms with Gasteiger partial charge in [0.2, 0.25) is 0 Å². The quantitative estimate of drug-likeness (QED) is 0.279. The second-order valence-electron chi connectivity index (χ2n) is 11.8. The molecule has 0 radical (unpaired) electrons. The molecule has 0 aromatic heterocycles. The third kappa shape index (κ3) is 4.93. The van der Waals surface area contributed by atoms with Gasteiger partial charge in [-0.15, -0.1) is 0 Å². The number of fused-ring (bicyclic) bond motifs is 1. The molecule has 4 aromatic carbocycles. The molecule has 2 aliphatic rings. The maximum Gasteiger partial charge on any atom is 0.410 e. The highest BCUT2D eigenvalue weighted by Crippen LogP contribution is 2.62. The van der Waals surface area contributed by atoms with Gasteiger partial charge >= 0.3 is 6.09 Å². The van der Waals surface area contributed by atoms with Crippen LogP contribution in [0.25, 0.3) is 0 Å². The summed E-state index contributed by atoms with van der Waals surface area (Å²) in [6, 6.07) is 37.9. The van der Waals surface area contributed by atoms with Crippen LogP contribution in [-0.4, -0.2) is 34.7 Å². The van der Waals surface area contributed by atoms with Crippen LogP contribution in [0.15, 0.2) is 109 Å².